The van der Waals surface area contributed by atoms with E-state index in [4.69, 9.17) is 0 Å². The third kappa shape index (κ3) is 10.9. The molecule has 0 aliphatic carbocycles. The number of sulfonamides is 1. The monoisotopic (exact) mass is 562 g/mol. The maximum Gasteiger partial charge on any atom is 0.216 e. The number of aliphatic imine (C=N–C) groups is 1. The van der Waals surface area contributed by atoms with Gasteiger partial charge in [-0.15, -0.1) is 24.0 Å². The van der Waals surface area contributed by atoms with Crippen LogP contribution < -0.4 is 15.4 Å². The largest absolute Gasteiger partial charge is 0.357 e. The lowest BCUT2D eigenvalue weighted by molar-refractivity contribution is 0.569. The predicted molar refractivity (Wildman–Crippen MR) is 136 cm³/mol. The van der Waals surface area contributed by atoms with E-state index in [1.54, 1.807) is 26.0 Å². The maximum atomic E-state index is 13.0. The minimum atomic E-state index is -3.33. The molecule has 3 N–H and O–H groups in total. The molecule has 0 spiro atoms. The molecule has 172 valence electrons. The van der Waals surface area contributed by atoms with Crippen LogP contribution in [0.15, 0.2) is 53.5 Å². The van der Waals surface area contributed by atoms with E-state index >= 15 is 0 Å². The number of nitrogens with one attached hydrogen (secondary N) is 3. The van der Waals surface area contributed by atoms with Crippen molar-refractivity contribution in [3.05, 3.63) is 71.0 Å². The molecule has 0 heterocycles. The van der Waals surface area contributed by atoms with E-state index in [-0.39, 0.29) is 41.6 Å². The molecule has 0 radical (unpaired) electrons. The summed E-state index contributed by atoms with van der Waals surface area (Å²) in [5.41, 5.74) is 2.78. The first-order valence-electron chi connectivity index (χ1n) is 10.1. The van der Waals surface area contributed by atoms with Gasteiger partial charge < -0.3 is 10.6 Å². The Kier molecular flexibility index (Phi) is 12.0. The summed E-state index contributed by atoms with van der Waals surface area (Å²) in [6, 6.07) is 13.8. The molecule has 0 bridgehead atoms. The molecule has 0 aliphatic rings. The fourth-order valence-electron chi connectivity index (χ4n) is 2.85. The van der Waals surface area contributed by atoms with Gasteiger partial charge in [0.15, 0.2) is 5.96 Å². The Morgan fingerprint density at radius 2 is 1.55 bits per heavy atom. The molecule has 0 fully saturated rings. The zero-order valence-electron chi connectivity index (χ0n) is 18.2. The van der Waals surface area contributed by atoms with Crippen molar-refractivity contribution in [2.24, 2.45) is 4.99 Å². The highest BCUT2D eigenvalue weighted by atomic mass is 127. The summed E-state index contributed by atoms with van der Waals surface area (Å²) in [4.78, 5) is 4.58. The summed E-state index contributed by atoms with van der Waals surface area (Å²) in [6.45, 7) is 7.49. The zero-order valence-corrected chi connectivity index (χ0v) is 21.3. The van der Waals surface area contributed by atoms with Crippen LogP contribution in [0.1, 0.15) is 37.5 Å². The van der Waals surface area contributed by atoms with Gasteiger partial charge in [-0.3, -0.25) is 0 Å². The minimum Gasteiger partial charge on any atom is -0.357 e. The zero-order chi connectivity index (χ0) is 22.0. The Hall–Kier alpha value is -1.72. The van der Waals surface area contributed by atoms with E-state index in [9.17, 15) is 12.8 Å². The van der Waals surface area contributed by atoms with Gasteiger partial charge in [-0.05, 0) is 56.0 Å². The Balaban J connectivity index is 0.00000480. The van der Waals surface area contributed by atoms with Gasteiger partial charge in [0.2, 0.25) is 10.0 Å². The first-order valence-corrected chi connectivity index (χ1v) is 11.8. The second kappa shape index (κ2) is 13.6. The summed E-state index contributed by atoms with van der Waals surface area (Å²) in [5.74, 6) is 0.427. The van der Waals surface area contributed by atoms with Crippen LogP contribution >= 0.6 is 24.0 Å². The quantitative estimate of drug-likeness (QED) is 0.235. The van der Waals surface area contributed by atoms with Gasteiger partial charge in [0, 0.05) is 19.1 Å². The molecule has 0 atom stereocenters. The standard InChI is InChI=1S/C22H31FN4O2S.HI/c1-4-24-22(25-14-13-18-9-11-21(23)12-10-18)26-15-19-5-7-20(8-6-19)16-30(28,29)27-17(2)3;/h5-12,17,27H,4,13-16H2,1-3H3,(H2,24,25,26);1H. The molecule has 9 heteroatoms. The van der Waals surface area contributed by atoms with Crippen LogP contribution in [0.5, 0.6) is 0 Å². The van der Waals surface area contributed by atoms with Gasteiger partial charge >= 0.3 is 0 Å². The van der Waals surface area contributed by atoms with Gasteiger partial charge in [0.05, 0.1) is 12.3 Å². The number of benzene rings is 2. The number of halogens is 2. The molecule has 6 nitrogen and oxygen atoms in total. The molecule has 2 rings (SSSR count). The lowest BCUT2D eigenvalue weighted by Crippen LogP contribution is -2.38. The molecule has 31 heavy (non-hydrogen) atoms. The van der Waals surface area contributed by atoms with Crippen molar-refractivity contribution in [1.82, 2.24) is 15.4 Å². The van der Waals surface area contributed by atoms with Crippen molar-refractivity contribution in [2.75, 3.05) is 13.1 Å². The molecule has 0 aromatic heterocycles. The summed E-state index contributed by atoms with van der Waals surface area (Å²) >= 11 is 0. The van der Waals surface area contributed by atoms with E-state index in [1.165, 1.54) is 12.1 Å². The van der Waals surface area contributed by atoms with Crippen LogP contribution in [0.2, 0.25) is 0 Å². The fourth-order valence-corrected chi connectivity index (χ4v) is 4.28. The van der Waals surface area contributed by atoms with Crippen molar-refractivity contribution in [3.63, 3.8) is 0 Å². The summed E-state index contributed by atoms with van der Waals surface area (Å²) in [5, 5.41) is 6.47. The van der Waals surface area contributed by atoms with E-state index in [1.807, 2.05) is 31.2 Å². The molecule has 2 aromatic rings. The van der Waals surface area contributed by atoms with Crippen LogP contribution in [-0.4, -0.2) is 33.5 Å². The lowest BCUT2D eigenvalue weighted by Gasteiger charge is -2.12. The number of rotatable bonds is 10. The second-order valence-corrected chi connectivity index (χ2v) is 9.10. The van der Waals surface area contributed by atoms with Gasteiger partial charge in [0.25, 0.3) is 0 Å². The van der Waals surface area contributed by atoms with Crippen LogP contribution in [0, 0.1) is 5.82 Å². The molecular weight excluding hydrogens is 530 g/mol. The lowest BCUT2D eigenvalue weighted by atomic mass is 10.1. The Morgan fingerprint density at radius 3 is 2.13 bits per heavy atom. The molecule has 2 aromatic carbocycles. The SMILES string of the molecule is CCNC(=NCc1ccc(CS(=O)(=O)NC(C)C)cc1)NCCc1ccc(F)cc1.I. The highest BCUT2D eigenvalue weighted by molar-refractivity contribution is 14.0. The van der Waals surface area contributed by atoms with E-state index in [2.05, 4.69) is 20.3 Å². The van der Waals surface area contributed by atoms with E-state index in [0.717, 1.165) is 29.7 Å². The maximum absolute atomic E-state index is 13.0. The number of hydrogen-bond donors (Lipinski definition) is 3. The van der Waals surface area contributed by atoms with Crippen molar-refractivity contribution >= 4 is 40.0 Å². The molecule has 0 saturated heterocycles. The highest BCUT2D eigenvalue weighted by Crippen LogP contribution is 2.09. The van der Waals surface area contributed by atoms with E-state index < -0.39 is 10.0 Å². The van der Waals surface area contributed by atoms with Crippen LogP contribution in [0.4, 0.5) is 4.39 Å². The Labute approximate surface area is 202 Å². The smallest absolute Gasteiger partial charge is 0.216 e. The van der Waals surface area contributed by atoms with Crippen LogP contribution in [0.3, 0.4) is 0 Å². The molecule has 0 unspecified atom stereocenters. The average Bonchev–Trinajstić information content (AvgIpc) is 2.67. The topological polar surface area (TPSA) is 82.6 Å². The third-order valence-electron chi connectivity index (χ3n) is 4.18. The number of nitrogens with zero attached hydrogens (tertiary/aromatic N) is 1. The number of guanidine groups is 1. The van der Waals surface area contributed by atoms with Crippen molar-refractivity contribution in [3.8, 4) is 0 Å². The Morgan fingerprint density at radius 1 is 0.968 bits per heavy atom. The summed E-state index contributed by atoms with van der Waals surface area (Å²) in [7, 11) is -3.33. The Bertz CT molecular complexity index is 918. The molecule has 0 saturated carbocycles. The van der Waals surface area contributed by atoms with Gasteiger partial charge in [-0.25, -0.2) is 22.5 Å². The highest BCUT2D eigenvalue weighted by Gasteiger charge is 2.12. The van der Waals surface area contributed by atoms with Crippen molar-refractivity contribution < 1.29 is 12.8 Å². The van der Waals surface area contributed by atoms with Gasteiger partial charge in [0.1, 0.15) is 5.82 Å². The fraction of sp³-hybridized carbons (Fsp3) is 0.409. The third-order valence-corrected chi connectivity index (χ3v) is 5.72. The molecule has 0 aliphatic heterocycles. The van der Waals surface area contributed by atoms with Crippen LogP contribution in [0.25, 0.3) is 0 Å². The first kappa shape index (κ1) is 27.3. The predicted octanol–water partition coefficient (Wildman–Crippen LogP) is 3.57. The van der Waals surface area contributed by atoms with Crippen molar-refractivity contribution in [2.45, 2.75) is 45.5 Å². The second-order valence-electron chi connectivity index (χ2n) is 7.35. The van der Waals surface area contributed by atoms with E-state index in [0.29, 0.717) is 19.0 Å². The van der Waals surface area contributed by atoms with Crippen LogP contribution in [-0.2, 0) is 28.7 Å². The molecule has 0 amide bonds. The molecular formula is C22H32FIN4O2S. The average molecular weight is 562 g/mol. The van der Waals surface area contributed by atoms with Crippen molar-refractivity contribution in [1.29, 1.82) is 0 Å². The first-order chi connectivity index (χ1) is 14.3. The number of hydrogen-bond acceptors (Lipinski definition) is 3. The van der Waals surface area contributed by atoms with Gasteiger partial charge in [-0.2, -0.15) is 0 Å². The summed E-state index contributed by atoms with van der Waals surface area (Å²) < 4.78 is 39.6. The summed E-state index contributed by atoms with van der Waals surface area (Å²) in [6.07, 6.45) is 0.762. The normalized spacial score (nSPS) is 11.8. The minimum absolute atomic E-state index is 0. The van der Waals surface area contributed by atoms with Gasteiger partial charge in [-0.1, -0.05) is 36.4 Å².